The van der Waals surface area contributed by atoms with Crippen LogP contribution in [0.4, 0.5) is 0 Å². The molecule has 0 aliphatic carbocycles. The lowest BCUT2D eigenvalue weighted by atomic mass is 10.0. The molecule has 8 nitrogen and oxygen atoms in total. The van der Waals surface area contributed by atoms with Crippen molar-refractivity contribution in [2.45, 2.75) is 251 Å². The summed E-state index contributed by atoms with van der Waals surface area (Å²) in [6.07, 6.45) is 42.5. The van der Waals surface area contributed by atoms with Gasteiger partial charge in [0.1, 0.15) is 0 Å². The maximum atomic E-state index is 12.8. The Labute approximate surface area is 322 Å². The summed E-state index contributed by atoms with van der Waals surface area (Å²) in [6.45, 7) is 4.24. The Balaban J connectivity index is 4.07. The van der Waals surface area contributed by atoms with Crippen molar-refractivity contribution in [3.8, 4) is 0 Å². The van der Waals surface area contributed by atoms with E-state index in [9.17, 15) is 19.4 Å². The molecule has 0 fully saturated rings. The summed E-state index contributed by atoms with van der Waals surface area (Å²) in [7, 11) is -4.31. The number of amides is 1. The fraction of sp³-hybridized carbons (Fsp3) is 0.977. The van der Waals surface area contributed by atoms with Gasteiger partial charge in [-0.1, -0.05) is 219 Å². The molecule has 312 valence electrons. The van der Waals surface area contributed by atoms with Crippen molar-refractivity contribution in [3.63, 3.8) is 0 Å². The summed E-state index contributed by atoms with van der Waals surface area (Å²) in [5.74, 6) is -0.158. The minimum atomic E-state index is -4.31. The number of nitrogens with one attached hydrogen (secondary N) is 1. The van der Waals surface area contributed by atoms with Gasteiger partial charge in [0.15, 0.2) is 0 Å². The first-order valence-electron chi connectivity index (χ1n) is 22.7. The Morgan fingerprint density at radius 3 is 1.23 bits per heavy atom. The molecule has 0 spiro atoms. The third kappa shape index (κ3) is 37.8. The number of phosphoric acid groups is 1. The van der Waals surface area contributed by atoms with Gasteiger partial charge in [-0.3, -0.25) is 13.8 Å². The highest BCUT2D eigenvalue weighted by atomic mass is 31.2. The van der Waals surface area contributed by atoms with E-state index >= 15 is 0 Å². The lowest BCUT2D eigenvalue weighted by Crippen LogP contribution is -2.46. The van der Waals surface area contributed by atoms with Crippen LogP contribution >= 0.6 is 7.82 Å². The van der Waals surface area contributed by atoms with Crippen molar-refractivity contribution in [2.75, 3.05) is 19.8 Å². The van der Waals surface area contributed by atoms with E-state index in [1.165, 1.54) is 173 Å². The van der Waals surface area contributed by atoms with Crippen LogP contribution in [0.5, 0.6) is 0 Å². The summed E-state index contributed by atoms with van der Waals surface area (Å²) in [5, 5.41) is 13.8. The molecule has 0 bridgehead atoms. The average molecular weight is 761 g/mol. The van der Waals surface area contributed by atoms with Crippen molar-refractivity contribution in [2.24, 2.45) is 5.73 Å². The van der Waals surface area contributed by atoms with E-state index < -0.39 is 20.0 Å². The third-order valence-electron chi connectivity index (χ3n) is 10.5. The number of carbonyl (C=O) groups is 1. The summed E-state index contributed by atoms with van der Waals surface area (Å²) < 4.78 is 22.2. The Morgan fingerprint density at radius 2 is 0.885 bits per heavy atom. The predicted molar refractivity (Wildman–Crippen MR) is 222 cm³/mol. The van der Waals surface area contributed by atoms with Crippen LogP contribution in [0.25, 0.3) is 0 Å². The normalized spacial score (nSPS) is 14.0. The topological polar surface area (TPSA) is 131 Å². The van der Waals surface area contributed by atoms with Crippen LogP contribution in [0.2, 0.25) is 0 Å². The number of aliphatic hydroxyl groups is 1. The highest BCUT2D eigenvalue weighted by Crippen LogP contribution is 2.43. The molecule has 9 heteroatoms. The molecule has 0 saturated heterocycles. The highest BCUT2D eigenvalue weighted by Gasteiger charge is 2.27. The van der Waals surface area contributed by atoms with E-state index in [1.54, 1.807) is 0 Å². The largest absolute Gasteiger partial charge is 0.472 e. The fourth-order valence-corrected chi connectivity index (χ4v) is 7.78. The number of carbonyl (C=O) groups excluding carboxylic acids is 1. The van der Waals surface area contributed by atoms with E-state index in [1.807, 2.05) is 0 Å². The Morgan fingerprint density at radius 1 is 0.558 bits per heavy atom. The smallest absolute Gasteiger partial charge is 0.391 e. The first-order valence-corrected chi connectivity index (χ1v) is 24.1. The second-order valence-corrected chi connectivity index (χ2v) is 17.1. The first kappa shape index (κ1) is 51.5. The molecule has 3 unspecified atom stereocenters. The van der Waals surface area contributed by atoms with E-state index in [2.05, 4.69) is 19.2 Å². The number of unbranched alkanes of at least 4 members (excludes halogenated alkanes) is 31. The van der Waals surface area contributed by atoms with Crippen LogP contribution in [-0.2, 0) is 18.4 Å². The van der Waals surface area contributed by atoms with Crippen molar-refractivity contribution >= 4 is 13.7 Å². The zero-order valence-corrected chi connectivity index (χ0v) is 35.5. The lowest BCUT2D eigenvalue weighted by Gasteiger charge is -2.25. The quantitative estimate of drug-likeness (QED) is 0.0359. The minimum Gasteiger partial charge on any atom is -0.391 e. The Kier molecular flexibility index (Phi) is 39.8. The lowest BCUT2D eigenvalue weighted by molar-refractivity contribution is -0.123. The van der Waals surface area contributed by atoms with E-state index in [0.717, 1.165) is 38.5 Å². The van der Waals surface area contributed by atoms with Crippen LogP contribution in [0.15, 0.2) is 0 Å². The monoisotopic (exact) mass is 761 g/mol. The number of hydrogen-bond donors (Lipinski definition) is 4. The summed E-state index contributed by atoms with van der Waals surface area (Å²) in [5.41, 5.74) is 5.38. The molecule has 0 aromatic heterocycles. The van der Waals surface area contributed by atoms with E-state index in [0.29, 0.717) is 12.8 Å². The molecule has 5 N–H and O–H groups in total. The SMILES string of the molecule is CCCCCCCCCCCCCCCCCCCCCCC(O)C(COP(=O)(O)OCCN)NC(=O)CCCCCCCCCCCCCCC. The van der Waals surface area contributed by atoms with Crippen LogP contribution in [0.1, 0.15) is 239 Å². The van der Waals surface area contributed by atoms with Crippen molar-refractivity contribution < 1.29 is 28.4 Å². The predicted octanol–water partition coefficient (Wildman–Crippen LogP) is 12.6. The molecule has 0 rings (SSSR count). The second-order valence-electron chi connectivity index (χ2n) is 15.6. The van der Waals surface area contributed by atoms with E-state index in [4.69, 9.17) is 14.8 Å². The molecule has 0 aromatic rings. The van der Waals surface area contributed by atoms with Crippen molar-refractivity contribution in [1.82, 2.24) is 5.32 Å². The summed E-state index contributed by atoms with van der Waals surface area (Å²) >= 11 is 0. The number of aliphatic hydroxyl groups excluding tert-OH is 1. The second kappa shape index (κ2) is 40.2. The van der Waals surface area contributed by atoms with Gasteiger partial charge < -0.3 is 21.1 Å². The highest BCUT2D eigenvalue weighted by molar-refractivity contribution is 7.47. The van der Waals surface area contributed by atoms with Crippen molar-refractivity contribution in [1.29, 1.82) is 0 Å². The summed E-state index contributed by atoms with van der Waals surface area (Å²) in [4.78, 5) is 22.7. The maximum absolute atomic E-state index is 12.8. The number of nitrogens with two attached hydrogens (primary N) is 1. The molecule has 52 heavy (non-hydrogen) atoms. The fourth-order valence-electron chi connectivity index (χ4n) is 7.02. The van der Waals surface area contributed by atoms with Gasteiger partial charge in [0.25, 0.3) is 0 Å². The van der Waals surface area contributed by atoms with Gasteiger partial charge in [-0.25, -0.2) is 4.57 Å². The Bertz CT molecular complexity index is 789. The van der Waals surface area contributed by atoms with Gasteiger partial charge in [-0.15, -0.1) is 0 Å². The molecule has 3 atom stereocenters. The number of hydrogen-bond acceptors (Lipinski definition) is 6. The molecule has 0 radical (unpaired) electrons. The number of rotatable bonds is 43. The molecule has 1 amide bonds. The van der Waals surface area contributed by atoms with Crippen LogP contribution in [0.3, 0.4) is 0 Å². The van der Waals surface area contributed by atoms with Gasteiger partial charge in [0.2, 0.25) is 5.91 Å². The van der Waals surface area contributed by atoms with Gasteiger partial charge in [0, 0.05) is 13.0 Å². The van der Waals surface area contributed by atoms with Gasteiger partial charge in [-0.2, -0.15) is 0 Å². The van der Waals surface area contributed by atoms with E-state index in [-0.39, 0.29) is 25.7 Å². The van der Waals surface area contributed by atoms with Crippen molar-refractivity contribution in [3.05, 3.63) is 0 Å². The Hall–Kier alpha value is -0.500. The first-order chi connectivity index (χ1) is 25.4. The molecule has 0 heterocycles. The third-order valence-corrected chi connectivity index (χ3v) is 11.4. The number of phosphoric ester groups is 1. The molecule has 0 aliphatic rings. The standard InChI is InChI=1S/C43H89N2O6P/c1-3-5-7-9-11-13-15-17-18-19-20-21-22-23-25-26-28-30-32-34-36-42(46)41(40-51-52(48,49)50-39-38-44)45-43(47)37-35-33-31-29-27-24-16-14-12-10-8-6-4-2/h41-42,46H,3-40,44H2,1-2H3,(H,45,47)(H,48,49). The maximum Gasteiger partial charge on any atom is 0.472 e. The van der Waals surface area contributed by atoms with Crippen LogP contribution in [-0.4, -0.2) is 47.8 Å². The van der Waals surface area contributed by atoms with Gasteiger partial charge in [0.05, 0.1) is 25.4 Å². The van der Waals surface area contributed by atoms with Gasteiger partial charge >= 0.3 is 7.82 Å². The minimum absolute atomic E-state index is 0.0925. The molecule has 0 aliphatic heterocycles. The zero-order chi connectivity index (χ0) is 38.2. The molecule has 0 saturated carbocycles. The molecule has 0 aromatic carbocycles. The molecular formula is C43H89N2O6P. The molecular weight excluding hydrogens is 671 g/mol. The average Bonchev–Trinajstić information content (AvgIpc) is 3.13. The zero-order valence-electron chi connectivity index (χ0n) is 34.6. The summed E-state index contributed by atoms with van der Waals surface area (Å²) in [6, 6.07) is -0.767. The van der Waals surface area contributed by atoms with Crippen LogP contribution < -0.4 is 11.1 Å². The van der Waals surface area contributed by atoms with Crippen LogP contribution in [0, 0.1) is 0 Å². The van der Waals surface area contributed by atoms with Gasteiger partial charge in [-0.05, 0) is 12.8 Å².